The Morgan fingerprint density at radius 1 is 0.600 bits per heavy atom. The number of esters is 2. The molecule has 174 valence electrons. The van der Waals surface area contributed by atoms with Gasteiger partial charge in [0, 0.05) is 0 Å². The summed E-state index contributed by atoms with van der Waals surface area (Å²) in [4.78, 5) is 23.6. The number of ether oxygens (including phenoxy) is 4. The van der Waals surface area contributed by atoms with Crippen molar-refractivity contribution < 1.29 is 28.5 Å². The predicted molar refractivity (Wildman–Crippen MR) is 115 cm³/mol. The van der Waals surface area contributed by atoms with E-state index in [1.165, 1.54) is 0 Å². The van der Waals surface area contributed by atoms with Crippen molar-refractivity contribution in [3.8, 4) is 0 Å². The van der Waals surface area contributed by atoms with Gasteiger partial charge in [-0.3, -0.25) is 0 Å². The van der Waals surface area contributed by atoms with Crippen LogP contribution in [0.3, 0.4) is 0 Å². The first-order valence-electron chi connectivity index (χ1n) is 11.6. The molecule has 0 unspecified atom stereocenters. The van der Waals surface area contributed by atoms with Gasteiger partial charge in [0.2, 0.25) is 0 Å². The molecule has 0 aromatic rings. The van der Waals surface area contributed by atoms with Crippen molar-refractivity contribution in [2.45, 2.75) is 116 Å². The van der Waals surface area contributed by atoms with Crippen LogP contribution < -0.4 is 0 Å². The summed E-state index contributed by atoms with van der Waals surface area (Å²) in [7, 11) is 0. The quantitative estimate of drug-likeness (QED) is 0.544. The lowest BCUT2D eigenvalue weighted by molar-refractivity contribution is -0.164. The fourth-order valence-corrected chi connectivity index (χ4v) is 4.57. The van der Waals surface area contributed by atoms with Crippen LogP contribution in [0, 0.1) is 11.8 Å². The number of rotatable bonds is 7. The Morgan fingerprint density at radius 2 is 0.900 bits per heavy atom. The Bertz CT molecular complexity index is 493. The molecule has 2 fully saturated rings. The maximum Gasteiger partial charge on any atom is 0.332 e. The summed E-state index contributed by atoms with van der Waals surface area (Å²) < 4.78 is 22.2. The third-order valence-corrected chi connectivity index (χ3v) is 5.82. The van der Waals surface area contributed by atoms with Crippen LogP contribution in [0.4, 0.5) is 0 Å². The molecule has 0 aliphatic heterocycles. The second-order valence-electron chi connectivity index (χ2n) is 10.9. The van der Waals surface area contributed by atoms with Gasteiger partial charge in [-0.2, -0.15) is 0 Å². The summed E-state index contributed by atoms with van der Waals surface area (Å²) >= 11 is 0. The third kappa shape index (κ3) is 9.78. The number of hydrogen-bond acceptors (Lipinski definition) is 6. The fourth-order valence-electron chi connectivity index (χ4n) is 4.57. The van der Waals surface area contributed by atoms with Crippen LogP contribution >= 0.6 is 0 Å². The SMILES string of the molecule is CC(C)(C)OC(=O)COC1CCC(C2CCC(OCC(=O)OC(C)(C)C)CC2)CC1. The van der Waals surface area contributed by atoms with Crippen LogP contribution in [-0.4, -0.2) is 48.6 Å². The number of hydrogen-bond donors (Lipinski definition) is 0. The molecule has 0 amide bonds. The summed E-state index contributed by atoms with van der Waals surface area (Å²) in [5, 5.41) is 0. The Hall–Kier alpha value is -1.14. The van der Waals surface area contributed by atoms with Gasteiger partial charge in [-0.1, -0.05) is 0 Å². The van der Waals surface area contributed by atoms with Gasteiger partial charge in [0.15, 0.2) is 0 Å². The van der Waals surface area contributed by atoms with Crippen molar-refractivity contribution in [3.05, 3.63) is 0 Å². The summed E-state index contributed by atoms with van der Waals surface area (Å²) in [5.74, 6) is 0.903. The predicted octanol–water partition coefficient (Wildman–Crippen LogP) is 4.82. The Labute approximate surface area is 182 Å². The van der Waals surface area contributed by atoms with E-state index in [-0.39, 0.29) is 37.4 Å². The molecule has 0 bridgehead atoms. The van der Waals surface area contributed by atoms with Gasteiger partial charge in [0.05, 0.1) is 12.2 Å². The summed E-state index contributed by atoms with van der Waals surface area (Å²) in [6, 6.07) is 0. The van der Waals surface area contributed by atoms with Gasteiger partial charge < -0.3 is 18.9 Å². The van der Waals surface area contributed by atoms with Crippen LogP contribution in [0.2, 0.25) is 0 Å². The van der Waals surface area contributed by atoms with Crippen molar-refractivity contribution in [3.63, 3.8) is 0 Å². The van der Waals surface area contributed by atoms with Crippen LogP contribution in [0.25, 0.3) is 0 Å². The van der Waals surface area contributed by atoms with E-state index in [0.29, 0.717) is 0 Å². The first kappa shape index (κ1) is 25.1. The second kappa shape index (κ2) is 10.9. The Balaban J connectivity index is 1.60. The summed E-state index contributed by atoms with van der Waals surface area (Å²) in [6.45, 7) is 11.3. The third-order valence-electron chi connectivity index (χ3n) is 5.82. The monoisotopic (exact) mass is 426 g/mol. The summed E-state index contributed by atoms with van der Waals surface area (Å²) in [6.07, 6.45) is 9.04. The maximum absolute atomic E-state index is 11.8. The first-order chi connectivity index (χ1) is 13.9. The van der Waals surface area contributed by atoms with Crippen molar-refractivity contribution in [2.24, 2.45) is 11.8 Å². The molecule has 0 saturated heterocycles. The van der Waals surface area contributed by atoms with Gasteiger partial charge in [-0.15, -0.1) is 0 Å². The molecule has 0 N–H and O–H groups in total. The van der Waals surface area contributed by atoms with Crippen LogP contribution in [0.1, 0.15) is 92.9 Å². The zero-order valence-electron chi connectivity index (χ0n) is 19.8. The molecule has 0 heterocycles. The molecule has 2 aliphatic carbocycles. The molecule has 6 heteroatoms. The average molecular weight is 427 g/mol. The highest BCUT2D eigenvalue weighted by atomic mass is 16.6. The normalized spacial score (nSPS) is 28.1. The standard InChI is InChI=1S/C24H42O6/c1-23(2,3)29-21(25)15-27-19-11-7-17(8-12-19)18-9-13-20(14-10-18)28-16-22(26)30-24(4,5)6/h17-20H,7-16H2,1-6H3. The smallest absolute Gasteiger partial charge is 0.332 e. The first-order valence-corrected chi connectivity index (χ1v) is 11.6. The lowest BCUT2D eigenvalue weighted by atomic mass is 9.72. The number of carbonyl (C=O) groups excluding carboxylic acids is 2. The van der Waals surface area contributed by atoms with Crippen LogP contribution in [0.15, 0.2) is 0 Å². The van der Waals surface area contributed by atoms with Crippen LogP contribution in [0.5, 0.6) is 0 Å². The molecule has 0 spiro atoms. The molecule has 0 aromatic carbocycles. The van der Waals surface area contributed by atoms with E-state index < -0.39 is 11.2 Å². The Kier molecular flexibility index (Phi) is 9.16. The van der Waals surface area contributed by atoms with Crippen molar-refractivity contribution in [1.29, 1.82) is 0 Å². The van der Waals surface area contributed by atoms with Gasteiger partial charge in [-0.05, 0) is 105 Å². The van der Waals surface area contributed by atoms with E-state index in [4.69, 9.17) is 18.9 Å². The zero-order chi connectivity index (χ0) is 22.4. The topological polar surface area (TPSA) is 71.1 Å². The van der Waals surface area contributed by atoms with Crippen molar-refractivity contribution >= 4 is 11.9 Å². The van der Waals surface area contributed by atoms with Crippen molar-refractivity contribution in [2.75, 3.05) is 13.2 Å². The molecule has 2 rings (SSSR count). The highest BCUT2D eigenvalue weighted by Crippen LogP contribution is 2.39. The largest absolute Gasteiger partial charge is 0.458 e. The minimum atomic E-state index is -0.465. The minimum absolute atomic E-state index is 0.0483. The highest BCUT2D eigenvalue weighted by Gasteiger charge is 2.32. The minimum Gasteiger partial charge on any atom is -0.458 e. The van der Waals surface area contributed by atoms with Gasteiger partial charge >= 0.3 is 11.9 Å². The van der Waals surface area contributed by atoms with Gasteiger partial charge in [0.1, 0.15) is 24.4 Å². The van der Waals surface area contributed by atoms with Crippen molar-refractivity contribution in [1.82, 2.24) is 0 Å². The second-order valence-corrected chi connectivity index (χ2v) is 10.9. The van der Waals surface area contributed by atoms with E-state index >= 15 is 0 Å². The molecular formula is C24H42O6. The molecule has 0 radical (unpaired) electrons. The molecule has 2 saturated carbocycles. The molecular weight excluding hydrogens is 384 g/mol. The Morgan fingerprint density at radius 3 is 1.17 bits per heavy atom. The van der Waals surface area contributed by atoms with E-state index in [2.05, 4.69) is 0 Å². The molecule has 30 heavy (non-hydrogen) atoms. The lowest BCUT2D eigenvalue weighted by Crippen LogP contribution is -2.33. The van der Waals surface area contributed by atoms with Gasteiger partial charge in [0.25, 0.3) is 0 Å². The molecule has 0 atom stereocenters. The van der Waals surface area contributed by atoms with Crippen LogP contribution in [-0.2, 0) is 28.5 Å². The molecule has 2 aliphatic rings. The van der Waals surface area contributed by atoms with E-state index in [9.17, 15) is 9.59 Å². The fraction of sp³-hybridized carbons (Fsp3) is 0.917. The molecule has 0 aromatic heterocycles. The number of carbonyl (C=O) groups is 2. The summed E-state index contributed by atoms with van der Waals surface area (Å²) in [5.41, 5.74) is -0.929. The lowest BCUT2D eigenvalue weighted by Gasteiger charge is -2.37. The van der Waals surface area contributed by atoms with E-state index in [1.54, 1.807) is 0 Å². The van der Waals surface area contributed by atoms with Gasteiger partial charge in [-0.25, -0.2) is 9.59 Å². The highest BCUT2D eigenvalue weighted by molar-refractivity contribution is 5.71. The van der Waals surface area contributed by atoms with E-state index in [1.807, 2.05) is 41.5 Å². The zero-order valence-corrected chi connectivity index (χ0v) is 19.8. The molecule has 6 nitrogen and oxygen atoms in total. The van der Waals surface area contributed by atoms with E-state index in [0.717, 1.165) is 63.2 Å². The maximum atomic E-state index is 11.8. The average Bonchev–Trinajstić information content (AvgIpc) is 2.63.